The van der Waals surface area contributed by atoms with Gasteiger partial charge in [0, 0.05) is 45.8 Å². The van der Waals surface area contributed by atoms with E-state index >= 15 is 4.39 Å². The number of aromatic nitrogens is 1. The first kappa shape index (κ1) is 22.5. The number of H-pyrrole nitrogens is 1. The highest BCUT2D eigenvalue weighted by atomic mass is 35.5. The van der Waals surface area contributed by atoms with Crippen molar-refractivity contribution < 1.29 is 18.7 Å². The van der Waals surface area contributed by atoms with E-state index in [1.807, 2.05) is 36.1 Å². The quantitative estimate of drug-likeness (QED) is 0.451. The smallest absolute Gasteiger partial charge is 0.328 e. The van der Waals surface area contributed by atoms with Crippen LogP contribution in [0.25, 0.3) is 17.0 Å². The lowest BCUT2D eigenvalue weighted by Gasteiger charge is -2.43. The fourth-order valence-corrected chi connectivity index (χ4v) is 4.95. The van der Waals surface area contributed by atoms with Gasteiger partial charge in [0.25, 0.3) is 0 Å². The third-order valence-corrected chi connectivity index (χ3v) is 6.18. The molecule has 1 aliphatic heterocycles. The summed E-state index contributed by atoms with van der Waals surface area (Å²) in [5, 5.41) is 10.1. The van der Waals surface area contributed by atoms with E-state index in [1.165, 1.54) is 26.0 Å². The van der Waals surface area contributed by atoms with Gasteiger partial charge < -0.3 is 10.1 Å². The second-order valence-corrected chi connectivity index (χ2v) is 9.39. The summed E-state index contributed by atoms with van der Waals surface area (Å²) in [5.41, 5.74) is 1.93. The van der Waals surface area contributed by atoms with Gasteiger partial charge >= 0.3 is 5.97 Å². The van der Waals surface area contributed by atoms with Crippen LogP contribution in [0.2, 0.25) is 5.02 Å². The van der Waals surface area contributed by atoms with Crippen molar-refractivity contribution in [2.24, 2.45) is 0 Å². The average Bonchev–Trinajstić information content (AvgIpc) is 3.05. The van der Waals surface area contributed by atoms with Crippen molar-refractivity contribution >= 4 is 34.5 Å². The molecule has 0 aliphatic carbocycles. The minimum absolute atomic E-state index is 0.0521. The maximum atomic E-state index is 15.5. The maximum Gasteiger partial charge on any atom is 0.328 e. The number of hydrogen-bond donors (Lipinski definition) is 2. The Morgan fingerprint density at radius 1 is 1.34 bits per heavy atom. The van der Waals surface area contributed by atoms with Crippen LogP contribution < -0.4 is 0 Å². The number of carboxylic acids is 1. The van der Waals surface area contributed by atoms with E-state index in [1.54, 1.807) is 6.07 Å². The summed E-state index contributed by atoms with van der Waals surface area (Å²) in [4.78, 5) is 16.2. The molecule has 2 heterocycles. The zero-order valence-electron chi connectivity index (χ0n) is 18.1. The van der Waals surface area contributed by atoms with Crippen LogP contribution >= 0.6 is 11.6 Å². The fourth-order valence-electron chi connectivity index (χ4n) is 4.63. The highest BCUT2D eigenvalue weighted by molar-refractivity contribution is 6.31. The van der Waals surface area contributed by atoms with Crippen LogP contribution in [-0.2, 0) is 11.2 Å². The van der Waals surface area contributed by atoms with Crippen molar-refractivity contribution in [3.63, 3.8) is 0 Å². The molecule has 0 bridgehead atoms. The van der Waals surface area contributed by atoms with Crippen LogP contribution in [0, 0.1) is 5.82 Å². The molecule has 0 saturated heterocycles. The van der Waals surface area contributed by atoms with Gasteiger partial charge in [-0.2, -0.15) is 0 Å². The van der Waals surface area contributed by atoms with Crippen LogP contribution in [0.3, 0.4) is 0 Å². The predicted molar refractivity (Wildman–Crippen MR) is 123 cm³/mol. The molecule has 32 heavy (non-hydrogen) atoms. The number of hydrogen-bond acceptors (Lipinski definition) is 2. The van der Waals surface area contributed by atoms with E-state index < -0.39 is 23.5 Å². The number of fused-ring (bicyclic) bond motifs is 3. The van der Waals surface area contributed by atoms with Crippen molar-refractivity contribution in [1.82, 2.24) is 9.88 Å². The average molecular weight is 459 g/mol. The van der Waals surface area contributed by atoms with Gasteiger partial charge in [0.1, 0.15) is 11.5 Å². The molecule has 4 rings (SSSR count). The molecule has 0 unspecified atom stereocenters. The number of carboxylic acid groups (broad SMARTS) is 1. The number of carbonyl (C=O) groups is 1. The van der Waals surface area contributed by atoms with Crippen molar-refractivity contribution in [2.45, 2.75) is 44.9 Å². The van der Waals surface area contributed by atoms with E-state index in [0.29, 0.717) is 12.0 Å². The van der Waals surface area contributed by atoms with Crippen molar-refractivity contribution in [3.8, 4) is 0 Å². The molecular formula is C25H25ClF2N2O2. The Labute approximate surface area is 190 Å². The standard InChI is InChI=1S/C25H25ClF2N2O2/c1-14-10-17-16-6-4-5-7-20(16)29-23(17)24(30(14)13-25(2,3)28)22-18(26)11-15(12-19(22)27)8-9-21(31)32/h4-9,11-12,14,24,29H,10,13H2,1-3H3,(H,31,32)/b9-8+/t14-,24-/m1/s1. The molecular weight excluding hydrogens is 434 g/mol. The van der Waals surface area contributed by atoms with Gasteiger partial charge in [-0.05, 0) is 62.6 Å². The van der Waals surface area contributed by atoms with Gasteiger partial charge in [0.2, 0.25) is 0 Å². The van der Waals surface area contributed by atoms with E-state index in [2.05, 4.69) is 4.98 Å². The molecule has 7 heteroatoms. The Morgan fingerprint density at radius 3 is 2.72 bits per heavy atom. The third-order valence-electron chi connectivity index (χ3n) is 5.87. The summed E-state index contributed by atoms with van der Waals surface area (Å²) in [6.45, 7) is 5.13. The lowest BCUT2D eigenvalue weighted by molar-refractivity contribution is -0.131. The number of aromatic amines is 1. The molecule has 3 aromatic rings. The minimum Gasteiger partial charge on any atom is -0.478 e. The number of rotatable bonds is 5. The molecule has 1 aliphatic rings. The van der Waals surface area contributed by atoms with Crippen molar-refractivity contribution in [3.05, 3.63) is 75.7 Å². The Kier molecular flexibility index (Phi) is 5.86. The largest absolute Gasteiger partial charge is 0.478 e. The molecule has 0 radical (unpaired) electrons. The van der Waals surface area contributed by atoms with E-state index in [9.17, 15) is 9.18 Å². The van der Waals surface area contributed by atoms with Gasteiger partial charge in [0.05, 0.1) is 6.04 Å². The van der Waals surface area contributed by atoms with Gasteiger partial charge in [-0.1, -0.05) is 29.8 Å². The van der Waals surface area contributed by atoms with Gasteiger partial charge in [-0.25, -0.2) is 13.6 Å². The second kappa shape index (κ2) is 8.34. The second-order valence-electron chi connectivity index (χ2n) is 8.98. The Morgan fingerprint density at radius 2 is 2.06 bits per heavy atom. The monoisotopic (exact) mass is 458 g/mol. The summed E-state index contributed by atoms with van der Waals surface area (Å²) < 4.78 is 30.3. The first-order chi connectivity index (χ1) is 15.0. The molecule has 2 atom stereocenters. The number of alkyl halides is 1. The topological polar surface area (TPSA) is 56.3 Å². The summed E-state index contributed by atoms with van der Waals surface area (Å²) in [6, 6.07) is 10.0. The molecule has 2 N–H and O–H groups in total. The Balaban J connectivity index is 1.92. The molecule has 0 spiro atoms. The normalized spacial score (nSPS) is 19.6. The highest BCUT2D eigenvalue weighted by Crippen LogP contribution is 2.44. The lowest BCUT2D eigenvalue weighted by atomic mass is 9.87. The zero-order chi connectivity index (χ0) is 23.2. The van der Waals surface area contributed by atoms with Gasteiger partial charge in [-0.15, -0.1) is 0 Å². The van der Waals surface area contributed by atoms with E-state index in [4.69, 9.17) is 16.7 Å². The molecule has 1 aromatic heterocycles. The van der Waals surface area contributed by atoms with Crippen LogP contribution in [0.4, 0.5) is 8.78 Å². The molecule has 4 nitrogen and oxygen atoms in total. The lowest BCUT2D eigenvalue weighted by Crippen LogP contribution is -2.48. The van der Waals surface area contributed by atoms with Crippen molar-refractivity contribution in [2.75, 3.05) is 6.54 Å². The summed E-state index contributed by atoms with van der Waals surface area (Å²) >= 11 is 6.58. The summed E-state index contributed by atoms with van der Waals surface area (Å²) in [5.74, 6) is -1.70. The summed E-state index contributed by atoms with van der Waals surface area (Å²) in [7, 11) is 0. The summed E-state index contributed by atoms with van der Waals surface area (Å²) in [6.07, 6.45) is 2.92. The van der Waals surface area contributed by atoms with Crippen LogP contribution in [0.5, 0.6) is 0 Å². The Hall–Kier alpha value is -2.70. The van der Waals surface area contributed by atoms with E-state index in [0.717, 1.165) is 28.2 Å². The maximum absolute atomic E-state index is 15.5. The number of benzene rings is 2. The van der Waals surface area contributed by atoms with Crippen LogP contribution in [0.15, 0.2) is 42.5 Å². The number of aliphatic carboxylic acids is 1. The molecule has 0 fully saturated rings. The number of nitrogens with zero attached hydrogens (tertiary/aromatic N) is 1. The number of para-hydroxylation sites is 1. The molecule has 168 valence electrons. The van der Waals surface area contributed by atoms with Gasteiger partial charge in [0.15, 0.2) is 0 Å². The Bertz CT molecular complexity index is 1190. The number of nitrogens with one attached hydrogen (secondary N) is 1. The minimum atomic E-state index is -1.50. The SMILES string of the molecule is C[C@@H]1Cc2c([nH]c3ccccc23)[C@@H](c2c(F)cc(/C=C/C(=O)O)cc2Cl)N1CC(C)(C)F. The van der Waals surface area contributed by atoms with Crippen LogP contribution in [-0.4, -0.2) is 39.2 Å². The molecule has 0 saturated carbocycles. The number of halogens is 3. The third kappa shape index (κ3) is 4.30. The van der Waals surface area contributed by atoms with Gasteiger partial charge in [-0.3, -0.25) is 4.90 Å². The molecule has 2 aromatic carbocycles. The first-order valence-electron chi connectivity index (χ1n) is 10.5. The first-order valence-corrected chi connectivity index (χ1v) is 10.9. The highest BCUT2D eigenvalue weighted by Gasteiger charge is 2.40. The zero-order valence-corrected chi connectivity index (χ0v) is 18.9. The van der Waals surface area contributed by atoms with Crippen LogP contribution in [0.1, 0.15) is 49.2 Å². The van der Waals surface area contributed by atoms with E-state index in [-0.39, 0.29) is 23.2 Å². The fraction of sp³-hybridized carbons (Fsp3) is 0.320. The van der Waals surface area contributed by atoms with Crippen molar-refractivity contribution in [1.29, 1.82) is 0 Å². The predicted octanol–water partition coefficient (Wildman–Crippen LogP) is 6.14. The molecule has 0 amide bonds.